The molecule has 0 saturated heterocycles. The molecule has 0 radical (unpaired) electrons. The fourth-order valence-electron chi connectivity index (χ4n) is 3.05. The number of rotatable bonds is 8. The number of nitrogens with zero attached hydrogens (tertiary/aromatic N) is 2. The van der Waals surface area contributed by atoms with E-state index in [-0.39, 0.29) is 17.5 Å². The van der Waals surface area contributed by atoms with E-state index >= 15 is 0 Å². The van der Waals surface area contributed by atoms with Crippen LogP contribution in [0.1, 0.15) is 11.1 Å². The number of alkyl halides is 5. The van der Waals surface area contributed by atoms with Crippen molar-refractivity contribution >= 4 is 34.3 Å². The summed E-state index contributed by atoms with van der Waals surface area (Å²) in [6.07, 6.45) is -5.67. The number of amides is 2. The van der Waals surface area contributed by atoms with Gasteiger partial charge in [0.2, 0.25) is 0 Å². The number of nitrogens with one attached hydrogen (secondary N) is 1. The molecule has 0 unspecified atom stereocenters. The first-order chi connectivity index (χ1) is 16.5. The van der Waals surface area contributed by atoms with E-state index in [1.54, 1.807) is 23.5 Å². The van der Waals surface area contributed by atoms with Gasteiger partial charge in [-0.25, -0.2) is 5.01 Å². The third-order valence-electron chi connectivity index (χ3n) is 4.97. The molecule has 0 aliphatic carbocycles. The van der Waals surface area contributed by atoms with Gasteiger partial charge in [0.1, 0.15) is 0 Å². The number of anilines is 1. The van der Waals surface area contributed by atoms with Crippen LogP contribution < -0.4 is 14.8 Å². The summed E-state index contributed by atoms with van der Waals surface area (Å²) in [5.41, 5.74) is 1.83. The van der Waals surface area contributed by atoms with Crippen LogP contribution in [0.15, 0.2) is 47.6 Å². The fraction of sp³-hybridized carbons (Fsp3) is 0.318. The Morgan fingerprint density at radius 3 is 2.31 bits per heavy atom. The van der Waals surface area contributed by atoms with Gasteiger partial charge in [-0.3, -0.25) is 9.59 Å². The molecule has 1 aliphatic rings. The lowest BCUT2D eigenvalue weighted by Gasteiger charge is -2.23. The van der Waals surface area contributed by atoms with E-state index in [1.807, 2.05) is 0 Å². The number of benzene rings is 2. The van der Waals surface area contributed by atoms with Crippen molar-refractivity contribution in [2.24, 2.45) is 5.10 Å². The van der Waals surface area contributed by atoms with Crippen LogP contribution in [0.3, 0.4) is 0 Å². The van der Waals surface area contributed by atoms with Gasteiger partial charge in [0, 0.05) is 23.5 Å². The second-order valence-corrected chi connectivity index (χ2v) is 8.19. The lowest BCUT2D eigenvalue weighted by molar-refractivity contribution is -0.267. The summed E-state index contributed by atoms with van der Waals surface area (Å²) in [6, 6.07) is 10.6. The van der Waals surface area contributed by atoms with Crippen molar-refractivity contribution in [1.82, 2.24) is 5.01 Å². The van der Waals surface area contributed by atoms with Gasteiger partial charge in [-0.2, -0.15) is 27.1 Å². The Hall–Kier alpha value is -3.35. The van der Waals surface area contributed by atoms with E-state index in [0.29, 0.717) is 34.9 Å². The smallest absolute Gasteiger partial charge is 0.463 e. The molecule has 7 nitrogen and oxygen atoms in total. The van der Waals surface area contributed by atoms with Crippen molar-refractivity contribution in [3.8, 4) is 11.5 Å². The lowest BCUT2D eigenvalue weighted by atomic mass is 10.1. The lowest BCUT2D eigenvalue weighted by Crippen LogP contribution is -2.47. The zero-order chi connectivity index (χ0) is 25.8. The van der Waals surface area contributed by atoms with Crippen molar-refractivity contribution in [3.63, 3.8) is 0 Å². The average Bonchev–Trinajstić information content (AvgIpc) is 2.83. The van der Waals surface area contributed by atoms with Crippen molar-refractivity contribution in [2.45, 2.75) is 18.5 Å². The van der Waals surface area contributed by atoms with Gasteiger partial charge in [-0.1, -0.05) is 23.9 Å². The maximum atomic E-state index is 13.1. The number of methoxy groups -OCH3 is 2. The minimum Gasteiger partial charge on any atom is -0.493 e. The number of ether oxygens (including phenoxy) is 2. The van der Waals surface area contributed by atoms with Gasteiger partial charge in [0.15, 0.2) is 11.5 Å². The number of carbonyl (C=O) groups is 2. The predicted molar refractivity (Wildman–Crippen MR) is 120 cm³/mol. The quantitative estimate of drug-likeness (QED) is 0.501. The van der Waals surface area contributed by atoms with Crippen molar-refractivity contribution in [1.29, 1.82) is 0 Å². The molecule has 1 heterocycles. The minimum absolute atomic E-state index is 0.195. The molecule has 0 spiro atoms. The van der Waals surface area contributed by atoms with Gasteiger partial charge in [-0.15, -0.1) is 0 Å². The molecule has 2 aromatic rings. The number of hydrazone groups is 1. The summed E-state index contributed by atoms with van der Waals surface area (Å²) in [7, 11) is 3.03. The molecular weight excluding hydrogens is 497 g/mol. The molecule has 35 heavy (non-hydrogen) atoms. The second kappa shape index (κ2) is 10.5. The van der Waals surface area contributed by atoms with Crippen LogP contribution in [0.25, 0.3) is 0 Å². The van der Waals surface area contributed by atoms with Crippen LogP contribution in [0.2, 0.25) is 0 Å². The molecule has 2 aromatic carbocycles. The number of hydrogen-bond donors (Lipinski definition) is 1. The normalized spacial score (nSPS) is 14.4. The summed E-state index contributed by atoms with van der Waals surface area (Å²) in [5, 5.41) is 7.01. The SMILES string of the molecule is COc1ccc(C2=NN(CCc3ccc(NC(=O)C(F)(F)C(F)(F)F)cc3)C(=O)SC2)cc1OC. The molecule has 0 aromatic heterocycles. The van der Waals surface area contributed by atoms with E-state index < -0.39 is 18.0 Å². The molecule has 2 amide bonds. The maximum Gasteiger partial charge on any atom is 0.463 e. The van der Waals surface area contributed by atoms with E-state index in [2.05, 4.69) is 5.10 Å². The molecule has 1 N–H and O–H groups in total. The Morgan fingerprint density at radius 1 is 1.06 bits per heavy atom. The van der Waals surface area contributed by atoms with Gasteiger partial charge in [0.05, 0.1) is 19.9 Å². The maximum absolute atomic E-state index is 13.1. The Bertz CT molecular complexity index is 1120. The average molecular weight is 517 g/mol. The number of thioether (sulfide) groups is 1. The first kappa shape index (κ1) is 26.3. The van der Waals surface area contributed by atoms with Crippen LogP contribution >= 0.6 is 11.8 Å². The third-order valence-corrected chi connectivity index (χ3v) is 5.84. The molecule has 3 rings (SSSR count). The van der Waals surface area contributed by atoms with Crippen molar-refractivity contribution in [3.05, 3.63) is 53.6 Å². The second-order valence-electron chi connectivity index (χ2n) is 7.27. The summed E-state index contributed by atoms with van der Waals surface area (Å²) in [4.78, 5) is 23.6. The van der Waals surface area contributed by atoms with Crippen molar-refractivity contribution < 1.29 is 41.0 Å². The summed E-state index contributed by atoms with van der Waals surface area (Å²) < 4.78 is 73.6. The zero-order valence-electron chi connectivity index (χ0n) is 18.5. The Balaban J connectivity index is 1.65. The van der Waals surface area contributed by atoms with Crippen LogP contribution in [0.4, 0.5) is 32.4 Å². The topological polar surface area (TPSA) is 80.2 Å². The zero-order valence-corrected chi connectivity index (χ0v) is 19.3. The van der Waals surface area contributed by atoms with E-state index in [9.17, 15) is 31.5 Å². The summed E-state index contributed by atoms with van der Waals surface area (Å²) in [6.45, 7) is 0.195. The summed E-state index contributed by atoms with van der Waals surface area (Å²) in [5.74, 6) is -6.55. The summed E-state index contributed by atoms with van der Waals surface area (Å²) >= 11 is 1.07. The fourth-order valence-corrected chi connectivity index (χ4v) is 3.81. The molecule has 0 bridgehead atoms. The van der Waals surface area contributed by atoms with E-state index in [0.717, 1.165) is 17.3 Å². The predicted octanol–water partition coefficient (Wildman–Crippen LogP) is 4.96. The Kier molecular flexibility index (Phi) is 7.88. The van der Waals surface area contributed by atoms with Crippen LogP contribution in [0, 0.1) is 0 Å². The molecule has 1 aliphatic heterocycles. The number of halogens is 5. The molecule has 0 saturated carbocycles. The largest absolute Gasteiger partial charge is 0.493 e. The molecule has 0 fully saturated rings. The third kappa shape index (κ3) is 6.02. The molecule has 0 atom stereocenters. The number of hydrogen-bond acceptors (Lipinski definition) is 6. The highest BCUT2D eigenvalue weighted by molar-refractivity contribution is 8.14. The van der Waals surface area contributed by atoms with Crippen LogP contribution in [-0.2, 0) is 11.2 Å². The molecular formula is C22H20F5N3O4S. The minimum atomic E-state index is -5.99. The first-order valence-electron chi connectivity index (χ1n) is 10.1. The highest BCUT2D eigenvalue weighted by Crippen LogP contribution is 2.36. The highest BCUT2D eigenvalue weighted by atomic mass is 32.2. The Labute approximate surface area is 201 Å². The highest BCUT2D eigenvalue weighted by Gasteiger charge is 2.63. The van der Waals surface area contributed by atoms with Gasteiger partial charge < -0.3 is 14.8 Å². The van der Waals surface area contributed by atoms with E-state index in [1.165, 1.54) is 43.5 Å². The van der Waals surface area contributed by atoms with Crippen molar-refractivity contribution in [2.75, 3.05) is 31.8 Å². The number of carbonyl (C=O) groups excluding carboxylic acids is 2. The van der Waals surface area contributed by atoms with Gasteiger partial charge in [-0.05, 0) is 42.3 Å². The Morgan fingerprint density at radius 2 is 1.71 bits per heavy atom. The van der Waals surface area contributed by atoms with E-state index in [4.69, 9.17) is 9.47 Å². The molecule has 188 valence electrons. The monoisotopic (exact) mass is 517 g/mol. The standard InChI is InChI=1S/C22H20F5N3O4S/c1-33-17-8-5-14(11-18(17)34-2)16-12-35-20(32)30(29-16)10-9-13-3-6-15(7-4-13)28-19(31)21(23,24)22(25,26)27/h3-8,11H,9-10,12H2,1-2H3,(H,28,31). The van der Waals surface area contributed by atoms with Crippen LogP contribution in [0.5, 0.6) is 11.5 Å². The molecule has 13 heteroatoms. The van der Waals surface area contributed by atoms with Crippen LogP contribution in [-0.4, -0.2) is 60.5 Å². The first-order valence-corrected chi connectivity index (χ1v) is 11.0. The van der Waals surface area contributed by atoms with Gasteiger partial charge in [0.25, 0.3) is 0 Å². The van der Waals surface area contributed by atoms with Gasteiger partial charge >= 0.3 is 23.2 Å².